The Kier molecular flexibility index (Phi) is 5.92. The van der Waals surface area contributed by atoms with Gasteiger partial charge in [0, 0.05) is 51.8 Å². The van der Waals surface area contributed by atoms with E-state index in [9.17, 15) is 14.4 Å². The normalized spacial score (nSPS) is 11.9. The topological polar surface area (TPSA) is 105 Å². The molecule has 2 heterocycles. The minimum Gasteiger partial charge on any atom is -0.411 e. The van der Waals surface area contributed by atoms with Gasteiger partial charge in [-0.1, -0.05) is 0 Å². The summed E-state index contributed by atoms with van der Waals surface area (Å²) in [5, 5.41) is 2.84. The van der Waals surface area contributed by atoms with Crippen molar-refractivity contribution < 1.29 is 14.4 Å². The summed E-state index contributed by atoms with van der Waals surface area (Å²) in [5.74, 6) is 1.22. The highest BCUT2D eigenvalue weighted by atomic mass is 28.4. The van der Waals surface area contributed by atoms with Gasteiger partial charge in [-0.3, -0.25) is 4.79 Å². The molecule has 0 aromatic carbocycles. The van der Waals surface area contributed by atoms with Gasteiger partial charge in [0.05, 0.1) is 5.92 Å². The van der Waals surface area contributed by atoms with Crippen molar-refractivity contribution in [2.75, 3.05) is 6.54 Å². The van der Waals surface area contributed by atoms with Crippen molar-refractivity contribution in [3.63, 3.8) is 0 Å². The third kappa shape index (κ3) is 5.01. The minimum atomic E-state index is -3.04. The molecular weight excluding hydrogens is 326 g/mol. The zero-order chi connectivity index (χ0) is 17.7. The van der Waals surface area contributed by atoms with Crippen LogP contribution in [0.3, 0.4) is 0 Å². The first-order valence-electron chi connectivity index (χ1n) is 7.94. The van der Waals surface area contributed by atoms with Crippen molar-refractivity contribution in [2.45, 2.75) is 31.4 Å². The molecule has 0 radical (unpaired) electrons. The van der Waals surface area contributed by atoms with Crippen LogP contribution in [-0.2, 0) is 18.9 Å². The fourth-order valence-corrected chi connectivity index (χ4v) is 3.48. The molecule has 0 bridgehead atoms. The van der Waals surface area contributed by atoms with Crippen molar-refractivity contribution in [3.8, 4) is 0 Å². The molecule has 0 saturated heterocycles. The van der Waals surface area contributed by atoms with E-state index in [-0.39, 0.29) is 18.2 Å². The molecule has 1 amide bonds. The van der Waals surface area contributed by atoms with Crippen LogP contribution in [0.2, 0.25) is 12.6 Å². The zero-order valence-electron chi connectivity index (χ0n) is 14.3. The van der Waals surface area contributed by atoms with Crippen LogP contribution in [0.1, 0.15) is 30.4 Å². The molecule has 24 heavy (non-hydrogen) atoms. The van der Waals surface area contributed by atoms with E-state index < -0.39 is 8.56 Å². The van der Waals surface area contributed by atoms with Crippen LogP contribution in [0.15, 0.2) is 24.8 Å². The number of aromatic nitrogens is 4. The summed E-state index contributed by atoms with van der Waals surface area (Å²) in [6.45, 7) is 1.89. The molecule has 0 aliphatic carbocycles. The number of hydrogen-bond acceptors (Lipinski definition) is 5. The van der Waals surface area contributed by atoms with Crippen LogP contribution in [0.4, 0.5) is 0 Å². The van der Waals surface area contributed by atoms with Crippen molar-refractivity contribution in [1.29, 1.82) is 0 Å². The van der Waals surface area contributed by atoms with E-state index >= 15 is 0 Å². The van der Waals surface area contributed by atoms with E-state index in [1.54, 1.807) is 12.4 Å². The molecule has 9 heteroatoms. The van der Waals surface area contributed by atoms with Gasteiger partial charge in [-0.05, 0) is 19.0 Å². The predicted molar refractivity (Wildman–Crippen MR) is 91.4 cm³/mol. The van der Waals surface area contributed by atoms with Crippen LogP contribution >= 0.6 is 0 Å². The first-order valence-corrected chi connectivity index (χ1v) is 10.5. The second-order valence-electron chi connectivity index (χ2n) is 6.22. The predicted octanol–water partition coefficient (Wildman–Crippen LogP) is 0.239. The zero-order valence-corrected chi connectivity index (χ0v) is 15.3. The van der Waals surface area contributed by atoms with E-state index in [1.807, 2.05) is 35.6 Å². The minimum absolute atomic E-state index is 0.106. The fourth-order valence-electron chi connectivity index (χ4n) is 2.63. The smallest absolute Gasteiger partial charge is 0.329 e. The quantitative estimate of drug-likeness (QED) is 0.467. The van der Waals surface area contributed by atoms with Gasteiger partial charge in [0.1, 0.15) is 11.6 Å². The first kappa shape index (κ1) is 18.4. The van der Waals surface area contributed by atoms with Crippen LogP contribution in [0, 0.1) is 0 Å². The molecule has 0 spiro atoms. The van der Waals surface area contributed by atoms with Gasteiger partial charge in [0.25, 0.3) is 0 Å². The van der Waals surface area contributed by atoms with E-state index in [0.29, 0.717) is 19.0 Å². The molecule has 2 aromatic rings. The highest BCUT2D eigenvalue weighted by molar-refractivity contribution is 6.63. The number of aryl methyl sites for hydroxylation is 2. The maximum absolute atomic E-state index is 12.3. The Morgan fingerprint density at radius 3 is 2.17 bits per heavy atom. The monoisotopic (exact) mass is 351 g/mol. The molecule has 132 valence electrons. The molecule has 0 fully saturated rings. The summed E-state index contributed by atoms with van der Waals surface area (Å²) in [6.07, 6.45) is 7.89. The number of hydrogen-bond donors (Lipinski definition) is 3. The molecule has 0 unspecified atom stereocenters. The highest BCUT2D eigenvalue weighted by Gasteiger charge is 2.25. The van der Waals surface area contributed by atoms with Crippen molar-refractivity contribution >= 4 is 14.5 Å². The lowest BCUT2D eigenvalue weighted by Gasteiger charge is -2.17. The maximum Gasteiger partial charge on any atom is 0.329 e. The number of carbonyl (C=O) groups is 1. The van der Waals surface area contributed by atoms with Gasteiger partial charge >= 0.3 is 8.56 Å². The molecule has 8 nitrogen and oxygen atoms in total. The van der Waals surface area contributed by atoms with Crippen molar-refractivity contribution in [2.24, 2.45) is 14.1 Å². The second-order valence-corrected chi connectivity index (χ2v) is 9.15. The van der Waals surface area contributed by atoms with Gasteiger partial charge in [-0.15, -0.1) is 0 Å². The maximum atomic E-state index is 12.3. The van der Waals surface area contributed by atoms with Gasteiger partial charge in [-0.2, -0.15) is 0 Å². The molecular formula is C15H25N5O3Si. The summed E-state index contributed by atoms with van der Waals surface area (Å²) in [7, 11) is 0.745. The summed E-state index contributed by atoms with van der Waals surface area (Å²) in [6, 6.07) is 0.343. The van der Waals surface area contributed by atoms with Gasteiger partial charge in [0.2, 0.25) is 5.91 Å². The van der Waals surface area contributed by atoms with Crippen LogP contribution in [0.25, 0.3) is 0 Å². The Bertz CT molecular complexity index is 636. The summed E-state index contributed by atoms with van der Waals surface area (Å²) in [4.78, 5) is 39.8. The number of amides is 1. The third-order valence-corrected chi connectivity index (χ3v) is 5.18. The highest BCUT2D eigenvalue weighted by Crippen LogP contribution is 2.24. The average Bonchev–Trinajstić information content (AvgIpc) is 3.09. The summed E-state index contributed by atoms with van der Waals surface area (Å²) < 4.78 is 3.78. The standard InChI is InChI=1S/C15H25N5O3Si/c1-19-8-6-17-14(19)12(15-18-7-9-20(15)2)11-13(21)16-5-4-10-24(3,22)23/h6-9,12,22-23H,4-5,10-11H2,1-3H3,(H,16,21). The Balaban J connectivity index is 2.00. The van der Waals surface area contributed by atoms with Gasteiger partial charge in [-0.25, -0.2) is 9.97 Å². The molecule has 2 rings (SSSR count). The Morgan fingerprint density at radius 1 is 1.21 bits per heavy atom. The molecule has 0 saturated carbocycles. The Labute approximate surface area is 142 Å². The van der Waals surface area contributed by atoms with E-state index in [2.05, 4.69) is 15.3 Å². The van der Waals surface area contributed by atoms with E-state index in [0.717, 1.165) is 11.6 Å². The largest absolute Gasteiger partial charge is 0.411 e. The number of imidazole rings is 2. The summed E-state index contributed by atoms with van der Waals surface area (Å²) in [5.41, 5.74) is 0. The number of carbonyl (C=O) groups excluding carboxylic acids is 1. The van der Waals surface area contributed by atoms with Crippen molar-refractivity contribution in [3.05, 3.63) is 36.4 Å². The molecule has 2 aromatic heterocycles. The average molecular weight is 351 g/mol. The van der Waals surface area contributed by atoms with Crippen molar-refractivity contribution in [1.82, 2.24) is 24.4 Å². The SMILES string of the molecule is Cn1ccnc1C(CC(=O)NCCC[Si](C)(O)O)c1nccn1C. The molecule has 0 atom stereocenters. The third-order valence-electron chi connectivity index (χ3n) is 3.88. The lowest BCUT2D eigenvalue weighted by Crippen LogP contribution is -2.32. The Morgan fingerprint density at radius 2 is 1.75 bits per heavy atom. The molecule has 0 aliphatic heterocycles. The Hall–Kier alpha value is -1.97. The first-order chi connectivity index (χ1) is 11.3. The summed E-state index contributed by atoms with van der Waals surface area (Å²) >= 11 is 0. The van der Waals surface area contributed by atoms with E-state index in [1.165, 1.54) is 6.55 Å². The van der Waals surface area contributed by atoms with Crippen LogP contribution in [0.5, 0.6) is 0 Å². The number of rotatable bonds is 8. The fraction of sp³-hybridized carbons (Fsp3) is 0.533. The van der Waals surface area contributed by atoms with Gasteiger partial charge in [0.15, 0.2) is 0 Å². The van der Waals surface area contributed by atoms with Gasteiger partial charge < -0.3 is 24.0 Å². The number of nitrogens with one attached hydrogen (secondary N) is 1. The molecule has 3 N–H and O–H groups in total. The molecule has 0 aliphatic rings. The van der Waals surface area contributed by atoms with Crippen LogP contribution < -0.4 is 5.32 Å². The lowest BCUT2D eigenvalue weighted by atomic mass is 10.0. The lowest BCUT2D eigenvalue weighted by molar-refractivity contribution is -0.121. The second kappa shape index (κ2) is 7.73. The van der Waals surface area contributed by atoms with E-state index in [4.69, 9.17) is 0 Å². The van der Waals surface area contributed by atoms with Crippen LogP contribution in [-0.4, -0.2) is 49.7 Å². The number of nitrogens with zero attached hydrogens (tertiary/aromatic N) is 4.